The fourth-order valence-corrected chi connectivity index (χ4v) is 1.91. The Kier molecular flexibility index (Phi) is 4.87. The van der Waals surface area contributed by atoms with Crippen molar-refractivity contribution in [2.75, 3.05) is 6.61 Å². The summed E-state index contributed by atoms with van der Waals surface area (Å²) in [5.74, 6) is -0.528. The second-order valence-electron chi connectivity index (χ2n) is 4.66. The van der Waals surface area contributed by atoms with Crippen LogP contribution in [0, 0.1) is 11.6 Å². The summed E-state index contributed by atoms with van der Waals surface area (Å²) >= 11 is 0. The molecule has 2 aromatic rings. The third-order valence-corrected chi connectivity index (χ3v) is 3.06. The predicted molar refractivity (Wildman–Crippen MR) is 72.1 cm³/mol. The van der Waals surface area contributed by atoms with Gasteiger partial charge in [0.2, 0.25) is 0 Å². The number of hydrogen-bond donors (Lipinski definition) is 2. The third kappa shape index (κ3) is 3.43. The van der Waals surface area contributed by atoms with E-state index in [0.29, 0.717) is 18.7 Å². The number of nitrogens with one attached hydrogen (secondary N) is 1. The second kappa shape index (κ2) is 6.63. The zero-order valence-corrected chi connectivity index (χ0v) is 11.2. The first kappa shape index (κ1) is 14.7. The summed E-state index contributed by atoms with van der Waals surface area (Å²) in [4.78, 5) is 0. The number of halogens is 2. The number of hydrogen-bond acceptors (Lipinski definition) is 3. The van der Waals surface area contributed by atoms with E-state index in [0.717, 1.165) is 0 Å². The maximum absolute atomic E-state index is 13.6. The van der Waals surface area contributed by atoms with Crippen LogP contribution in [0.15, 0.2) is 34.7 Å². The van der Waals surface area contributed by atoms with Gasteiger partial charge in [-0.15, -0.1) is 0 Å². The summed E-state index contributed by atoms with van der Waals surface area (Å²) in [6.45, 7) is 2.49. The average Bonchev–Trinajstić information content (AvgIpc) is 2.85. The summed E-state index contributed by atoms with van der Waals surface area (Å²) in [5, 5.41) is 12.0. The highest BCUT2D eigenvalue weighted by atomic mass is 19.1. The van der Waals surface area contributed by atoms with Gasteiger partial charge in [-0.25, -0.2) is 8.78 Å². The van der Waals surface area contributed by atoms with Crippen LogP contribution in [0.3, 0.4) is 0 Å². The van der Waals surface area contributed by atoms with Gasteiger partial charge < -0.3 is 14.8 Å². The van der Waals surface area contributed by atoms with Gasteiger partial charge in [-0.3, -0.25) is 0 Å². The minimum absolute atomic E-state index is 0.109. The highest BCUT2D eigenvalue weighted by Gasteiger charge is 2.14. The molecule has 0 bridgehead atoms. The molecule has 0 radical (unpaired) electrons. The Morgan fingerprint density at radius 1 is 1.20 bits per heavy atom. The van der Waals surface area contributed by atoms with Gasteiger partial charge in [0, 0.05) is 12.6 Å². The minimum atomic E-state index is -0.646. The number of furan rings is 1. The molecule has 5 heteroatoms. The molecule has 3 nitrogen and oxygen atoms in total. The molecule has 2 N–H and O–H groups in total. The van der Waals surface area contributed by atoms with Crippen LogP contribution in [0.2, 0.25) is 0 Å². The highest BCUT2D eigenvalue weighted by Crippen LogP contribution is 2.27. The third-order valence-electron chi connectivity index (χ3n) is 3.06. The van der Waals surface area contributed by atoms with Crippen LogP contribution in [-0.2, 0) is 6.54 Å². The van der Waals surface area contributed by atoms with E-state index in [1.54, 1.807) is 12.1 Å². The zero-order chi connectivity index (χ0) is 14.5. The first-order valence-corrected chi connectivity index (χ1v) is 6.49. The topological polar surface area (TPSA) is 45.4 Å². The van der Waals surface area contributed by atoms with Crippen molar-refractivity contribution in [2.24, 2.45) is 0 Å². The molecule has 2 rings (SSSR count). The minimum Gasteiger partial charge on any atom is -0.460 e. The normalized spacial score (nSPS) is 12.6. The molecule has 0 unspecified atom stereocenters. The predicted octanol–water partition coefficient (Wildman–Crippen LogP) is 3.09. The van der Waals surface area contributed by atoms with E-state index in [1.807, 2.05) is 6.92 Å². The molecule has 0 saturated carbocycles. The first-order valence-electron chi connectivity index (χ1n) is 6.49. The quantitative estimate of drug-likeness (QED) is 0.855. The Labute approximate surface area is 116 Å². The number of rotatable bonds is 6. The molecule has 0 aliphatic rings. The molecular formula is C15H17F2NO2. The fourth-order valence-electron chi connectivity index (χ4n) is 1.91. The van der Waals surface area contributed by atoms with Gasteiger partial charge >= 0.3 is 0 Å². The molecule has 0 fully saturated rings. The smallest absolute Gasteiger partial charge is 0.140 e. The SMILES string of the molecule is C[C@H](CCO)NCc1ccc(-c2c(F)cccc2F)o1. The summed E-state index contributed by atoms with van der Waals surface area (Å²) in [6, 6.07) is 7.08. The van der Waals surface area contributed by atoms with E-state index in [1.165, 1.54) is 18.2 Å². The summed E-state index contributed by atoms with van der Waals surface area (Å²) in [7, 11) is 0. The molecule has 1 atom stereocenters. The number of aliphatic hydroxyl groups excluding tert-OH is 1. The van der Waals surface area contributed by atoms with E-state index in [4.69, 9.17) is 9.52 Å². The van der Waals surface area contributed by atoms with Crippen molar-refractivity contribution in [2.45, 2.75) is 25.9 Å². The Morgan fingerprint density at radius 2 is 1.90 bits per heavy atom. The molecule has 0 aliphatic carbocycles. The highest BCUT2D eigenvalue weighted by molar-refractivity contribution is 5.59. The van der Waals surface area contributed by atoms with Crippen molar-refractivity contribution in [1.82, 2.24) is 5.32 Å². The zero-order valence-electron chi connectivity index (χ0n) is 11.2. The van der Waals surface area contributed by atoms with Crippen LogP contribution >= 0.6 is 0 Å². The Balaban J connectivity index is 2.09. The van der Waals surface area contributed by atoms with Gasteiger partial charge in [-0.1, -0.05) is 6.07 Å². The van der Waals surface area contributed by atoms with Crippen molar-refractivity contribution < 1.29 is 18.3 Å². The molecular weight excluding hydrogens is 264 g/mol. The Bertz CT molecular complexity index is 549. The molecule has 0 amide bonds. The van der Waals surface area contributed by atoms with Crippen molar-refractivity contribution in [3.8, 4) is 11.3 Å². The van der Waals surface area contributed by atoms with Gasteiger partial charge in [0.25, 0.3) is 0 Å². The molecule has 0 spiro atoms. The molecule has 1 heterocycles. The van der Waals surface area contributed by atoms with E-state index in [2.05, 4.69) is 5.32 Å². The van der Waals surface area contributed by atoms with Crippen molar-refractivity contribution in [3.05, 3.63) is 47.7 Å². The van der Waals surface area contributed by atoms with E-state index >= 15 is 0 Å². The van der Waals surface area contributed by atoms with Crippen molar-refractivity contribution in [3.63, 3.8) is 0 Å². The van der Waals surface area contributed by atoms with Crippen LogP contribution < -0.4 is 5.32 Å². The van der Waals surface area contributed by atoms with Crippen LogP contribution in [-0.4, -0.2) is 17.8 Å². The van der Waals surface area contributed by atoms with Crippen LogP contribution in [0.4, 0.5) is 8.78 Å². The lowest BCUT2D eigenvalue weighted by Gasteiger charge is -2.10. The van der Waals surface area contributed by atoms with Gasteiger partial charge in [0.15, 0.2) is 0 Å². The molecule has 108 valence electrons. The van der Waals surface area contributed by atoms with Crippen molar-refractivity contribution in [1.29, 1.82) is 0 Å². The average molecular weight is 281 g/mol. The monoisotopic (exact) mass is 281 g/mol. The van der Waals surface area contributed by atoms with Crippen LogP contribution in [0.1, 0.15) is 19.1 Å². The van der Waals surface area contributed by atoms with E-state index in [9.17, 15) is 8.78 Å². The Morgan fingerprint density at radius 3 is 2.55 bits per heavy atom. The lowest BCUT2D eigenvalue weighted by atomic mass is 10.1. The van der Waals surface area contributed by atoms with Crippen molar-refractivity contribution >= 4 is 0 Å². The molecule has 1 aromatic heterocycles. The second-order valence-corrected chi connectivity index (χ2v) is 4.66. The maximum atomic E-state index is 13.6. The molecule has 0 saturated heterocycles. The lowest BCUT2D eigenvalue weighted by molar-refractivity contribution is 0.267. The summed E-state index contributed by atoms with van der Waals surface area (Å²) in [5.41, 5.74) is -0.151. The largest absolute Gasteiger partial charge is 0.460 e. The van der Waals surface area contributed by atoms with Crippen LogP contribution in [0.5, 0.6) is 0 Å². The number of aliphatic hydroxyl groups is 1. The molecule has 0 aliphatic heterocycles. The summed E-state index contributed by atoms with van der Waals surface area (Å²) < 4.78 is 32.7. The van der Waals surface area contributed by atoms with E-state index < -0.39 is 11.6 Å². The molecule has 20 heavy (non-hydrogen) atoms. The van der Waals surface area contributed by atoms with Gasteiger partial charge in [0.05, 0.1) is 12.1 Å². The molecule has 1 aromatic carbocycles. The van der Waals surface area contributed by atoms with Gasteiger partial charge in [0.1, 0.15) is 23.2 Å². The lowest BCUT2D eigenvalue weighted by Crippen LogP contribution is -2.26. The number of benzene rings is 1. The Hall–Kier alpha value is -1.72. The fraction of sp³-hybridized carbons (Fsp3) is 0.333. The first-order chi connectivity index (χ1) is 9.61. The van der Waals surface area contributed by atoms with Gasteiger partial charge in [-0.05, 0) is 37.6 Å². The van der Waals surface area contributed by atoms with Gasteiger partial charge in [-0.2, -0.15) is 0 Å². The summed E-state index contributed by atoms with van der Waals surface area (Å²) in [6.07, 6.45) is 0.634. The van der Waals surface area contributed by atoms with E-state index in [-0.39, 0.29) is 24.0 Å². The standard InChI is InChI=1S/C15H17F2NO2/c1-10(7-8-19)18-9-11-5-6-14(20-11)15-12(16)3-2-4-13(15)17/h2-6,10,18-19H,7-9H2,1H3/t10-/m1/s1. The maximum Gasteiger partial charge on any atom is 0.140 e. The van der Waals surface area contributed by atoms with Crippen LogP contribution in [0.25, 0.3) is 11.3 Å².